The van der Waals surface area contributed by atoms with Crippen molar-refractivity contribution < 1.29 is 0 Å². The number of hydrogen-bond donors (Lipinski definition) is 1. The summed E-state index contributed by atoms with van der Waals surface area (Å²) in [7, 11) is 1.98. The largest absolute Gasteiger partial charge is 0.316 e. The molecule has 2 heterocycles. The molecule has 0 spiro atoms. The molecule has 94 valence electrons. The summed E-state index contributed by atoms with van der Waals surface area (Å²) >= 11 is 2.07. The van der Waals surface area contributed by atoms with Crippen LogP contribution in [0.5, 0.6) is 0 Å². The van der Waals surface area contributed by atoms with Crippen LogP contribution in [0.1, 0.15) is 18.2 Å². The van der Waals surface area contributed by atoms with E-state index in [1.54, 1.807) is 0 Å². The Hall–Kier alpha value is -0.580. The first kappa shape index (κ1) is 12.9. The fraction of sp³-hybridized carbons (Fsp3) is 0.615. The summed E-state index contributed by atoms with van der Waals surface area (Å²) in [5.41, 5.74) is 2.54. The maximum atomic E-state index is 4.53. The van der Waals surface area contributed by atoms with E-state index in [1.165, 1.54) is 30.1 Å². The molecular formula is C13H21N3S. The van der Waals surface area contributed by atoms with Gasteiger partial charge in [-0.15, -0.1) is 0 Å². The minimum Gasteiger partial charge on any atom is -0.316 e. The van der Waals surface area contributed by atoms with Crippen LogP contribution >= 0.6 is 11.8 Å². The summed E-state index contributed by atoms with van der Waals surface area (Å²) < 4.78 is 0. The van der Waals surface area contributed by atoms with Gasteiger partial charge in [0.2, 0.25) is 0 Å². The SMILES string of the molecule is CNCc1cccnc1CN1CCSC(C)C1. The number of nitrogens with one attached hydrogen (secondary N) is 1. The number of aromatic nitrogens is 1. The Bertz CT molecular complexity index is 356. The van der Waals surface area contributed by atoms with Gasteiger partial charge in [-0.2, -0.15) is 11.8 Å². The van der Waals surface area contributed by atoms with Gasteiger partial charge < -0.3 is 5.32 Å². The topological polar surface area (TPSA) is 28.2 Å². The van der Waals surface area contributed by atoms with Crippen molar-refractivity contribution in [2.24, 2.45) is 0 Å². The predicted octanol–water partition coefficient (Wildman–Crippen LogP) is 1.74. The molecule has 2 rings (SSSR count). The standard InChI is InChI=1S/C13H21N3S/c1-11-9-16(6-7-17-11)10-13-12(8-14-2)4-3-5-15-13/h3-5,11,14H,6-10H2,1-2H3. The Labute approximate surface area is 108 Å². The van der Waals surface area contributed by atoms with E-state index in [-0.39, 0.29) is 0 Å². The van der Waals surface area contributed by atoms with Gasteiger partial charge in [0.25, 0.3) is 0 Å². The average Bonchev–Trinajstić information content (AvgIpc) is 2.32. The first-order valence-corrected chi connectivity index (χ1v) is 7.26. The van der Waals surface area contributed by atoms with Crippen LogP contribution in [0.3, 0.4) is 0 Å². The van der Waals surface area contributed by atoms with Crippen molar-refractivity contribution in [2.75, 3.05) is 25.9 Å². The van der Waals surface area contributed by atoms with Crippen molar-refractivity contribution in [1.29, 1.82) is 0 Å². The molecule has 4 heteroatoms. The van der Waals surface area contributed by atoms with Crippen LogP contribution in [-0.2, 0) is 13.1 Å². The maximum Gasteiger partial charge on any atom is 0.0588 e. The van der Waals surface area contributed by atoms with Gasteiger partial charge in [-0.3, -0.25) is 9.88 Å². The van der Waals surface area contributed by atoms with Crippen molar-refractivity contribution in [3.8, 4) is 0 Å². The van der Waals surface area contributed by atoms with Crippen LogP contribution < -0.4 is 5.32 Å². The van der Waals surface area contributed by atoms with Crippen molar-refractivity contribution >= 4 is 11.8 Å². The zero-order valence-electron chi connectivity index (χ0n) is 10.6. The molecular weight excluding hydrogens is 230 g/mol. The predicted molar refractivity (Wildman–Crippen MR) is 74.2 cm³/mol. The Morgan fingerprint density at radius 1 is 1.59 bits per heavy atom. The van der Waals surface area contributed by atoms with Crippen LogP contribution in [0.2, 0.25) is 0 Å². The van der Waals surface area contributed by atoms with Crippen molar-refractivity contribution in [3.63, 3.8) is 0 Å². The van der Waals surface area contributed by atoms with Crippen molar-refractivity contribution in [3.05, 3.63) is 29.6 Å². The lowest BCUT2D eigenvalue weighted by Gasteiger charge is -2.30. The van der Waals surface area contributed by atoms with Crippen molar-refractivity contribution in [1.82, 2.24) is 15.2 Å². The summed E-state index contributed by atoms with van der Waals surface area (Å²) in [6.45, 7) is 6.57. The van der Waals surface area contributed by atoms with Gasteiger partial charge in [-0.05, 0) is 18.7 Å². The lowest BCUT2D eigenvalue weighted by atomic mass is 10.1. The molecule has 0 amide bonds. The number of hydrogen-bond acceptors (Lipinski definition) is 4. The number of rotatable bonds is 4. The zero-order chi connectivity index (χ0) is 12.1. The lowest BCUT2D eigenvalue weighted by molar-refractivity contribution is 0.274. The van der Waals surface area contributed by atoms with Crippen LogP contribution in [-0.4, -0.2) is 41.0 Å². The number of pyridine rings is 1. The number of nitrogens with zero attached hydrogens (tertiary/aromatic N) is 2. The molecule has 1 aliphatic heterocycles. The monoisotopic (exact) mass is 251 g/mol. The Morgan fingerprint density at radius 3 is 3.24 bits per heavy atom. The van der Waals surface area contributed by atoms with Crippen LogP contribution in [0, 0.1) is 0 Å². The molecule has 0 radical (unpaired) electrons. The first-order chi connectivity index (χ1) is 8.29. The normalized spacial score (nSPS) is 21.6. The summed E-state index contributed by atoms with van der Waals surface area (Å²) in [4.78, 5) is 7.04. The van der Waals surface area contributed by atoms with E-state index in [4.69, 9.17) is 0 Å². The maximum absolute atomic E-state index is 4.53. The molecule has 0 aromatic carbocycles. The number of thioether (sulfide) groups is 1. The third-order valence-corrected chi connectivity index (χ3v) is 4.19. The zero-order valence-corrected chi connectivity index (χ0v) is 11.5. The molecule has 3 nitrogen and oxygen atoms in total. The highest BCUT2D eigenvalue weighted by atomic mass is 32.2. The summed E-state index contributed by atoms with van der Waals surface area (Å²) in [6, 6.07) is 4.19. The minimum atomic E-state index is 0.750. The van der Waals surface area contributed by atoms with E-state index in [0.717, 1.165) is 18.3 Å². The molecule has 1 N–H and O–H groups in total. The molecule has 0 saturated carbocycles. The second kappa shape index (κ2) is 6.38. The fourth-order valence-corrected chi connectivity index (χ4v) is 3.29. The molecule has 17 heavy (non-hydrogen) atoms. The van der Waals surface area contributed by atoms with Crippen LogP contribution in [0.15, 0.2) is 18.3 Å². The quantitative estimate of drug-likeness (QED) is 0.882. The minimum absolute atomic E-state index is 0.750. The molecule has 0 bridgehead atoms. The second-order valence-electron chi connectivity index (χ2n) is 4.56. The molecule has 1 atom stereocenters. The summed E-state index contributed by atoms with van der Waals surface area (Å²) in [5.74, 6) is 1.25. The Balaban J connectivity index is 2.01. The van der Waals surface area contributed by atoms with Gasteiger partial charge in [0.15, 0.2) is 0 Å². The van der Waals surface area contributed by atoms with Gasteiger partial charge in [0.05, 0.1) is 5.69 Å². The molecule has 1 fully saturated rings. The van der Waals surface area contributed by atoms with Crippen LogP contribution in [0.25, 0.3) is 0 Å². The van der Waals surface area contributed by atoms with E-state index in [9.17, 15) is 0 Å². The third kappa shape index (κ3) is 3.69. The Kier molecular flexibility index (Phi) is 4.83. The van der Waals surface area contributed by atoms with E-state index in [2.05, 4.69) is 40.0 Å². The lowest BCUT2D eigenvalue weighted by Crippen LogP contribution is -2.36. The smallest absolute Gasteiger partial charge is 0.0588 e. The van der Waals surface area contributed by atoms with E-state index >= 15 is 0 Å². The third-order valence-electron chi connectivity index (χ3n) is 3.05. The highest BCUT2D eigenvalue weighted by Crippen LogP contribution is 2.19. The summed E-state index contributed by atoms with van der Waals surface area (Å²) in [6.07, 6.45) is 1.90. The molecule has 1 aromatic heterocycles. The molecule has 1 saturated heterocycles. The highest BCUT2D eigenvalue weighted by Gasteiger charge is 2.17. The van der Waals surface area contributed by atoms with Crippen LogP contribution in [0.4, 0.5) is 0 Å². The van der Waals surface area contributed by atoms with Gasteiger partial charge in [0.1, 0.15) is 0 Å². The molecule has 1 unspecified atom stereocenters. The van der Waals surface area contributed by atoms with Gasteiger partial charge in [-0.25, -0.2) is 0 Å². The van der Waals surface area contributed by atoms with E-state index in [1.807, 2.05) is 19.3 Å². The fourth-order valence-electron chi connectivity index (χ4n) is 2.21. The summed E-state index contributed by atoms with van der Waals surface area (Å²) in [5, 5.41) is 3.96. The molecule has 1 aromatic rings. The van der Waals surface area contributed by atoms with E-state index < -0.39 is 0 Å². The van der Waals surface area contributed by atoms with Gasteiger partial charge in [-0.1, -0.05) is 13.0 Å². The Morgan fingerprint density at radius 2 is 2.47 bits per heavy atom. The molecule has 0 aliphatic carbocycles. The van der Waals surface area contributed by atoms with Gasteiger partial charge in [0, 0.05) is 43.4 Å². The van der Waals surface area contributed by atoms with Gasteiger partial charge >= 0.3 is 0 Å². The highest BCUT2D eigenvalue weighted by molar-refractivity contribution is 7.99. The van der Waals surface area contributed by atoms with Crippen molar-refractivity contribution in [2.45, 2.75) is 25.3 Å². The van der Waals surface area contributed by atoms with E-state index in [0.29, 0.717) is 0 Å². The molecule has 1 aliphatic rings. The second-order valence-corrected chi connectivity index (χ2v) is 6.10. The first-order valence-electron chi connectivity index (χ1n) is 6.21. The average molecular weight is 251 g/mol.